The Balaban J connectivity index is 1.48. The van der Waals surface area contributed by atoms with Gasteiger partial charge in [0, 0.05) is 43.8 Å². The summed E-state index contributed by atoms with van der Waals surface area (Å²) >= 11 is 0. The Bertz CT molecular complexity index is 897. The number of amides is 1. The molecule has 7 nitrogen and oxygen atoms in total. The summed E-state index contributed by atoms with van der Waals surface area (Å²) in [6.45, 7) is 5.81. The van der Waals surface area contributed by atoms with Crippen LogP contribution in [0.3, 0.4) is 0 Å². The summed E-state index contributed by atoms with van der Waals surface area (Å²) < 4.78 is 5.07. The molecule has 0 bridgehead atoms. The van der Waals surface area contributed by atoms with Gasteiger partial charge in [-0.3, -0.25) is 4.79 Å². The summed E-state index contributed by atoms with van der Waals surface area (Å²) in [6.07, 6.45) is 1.50. The maximum absolute atomic E-state index is 12.5. The quantitative estimate of drug-likeness (QED) is 0.762. The van der Waals surface area contributed by atoms with Gasteiger partial charge in [0.15, 0.2) is 0 Å². The summed E-state index contributed by atoms with van der Waals surface area (Å²) in [4.78, 5) is 18.9. The third kappa shape index (κ3) is 3.18. The monoisotopic (exact) mass is 337 g/mol. The predicted octanol–water partition coefficient (Wildman–Crippen LogP) is 2.19. The van der Waals surface area contributed by atoms with Crippen molar-refractivity contribution in [2.75, 3.05) is 36.4 Å². The molecule has 1 saturated heterocycles. The highest BCUT2D eigenvalue weighted by Gasteiger charge is 2.13. The van der Waals surface area contributed by atoms with Gasteiger partial charge < -0.3 is 20.1 Å². The van der Waals surface area contributed by atoms with Crippen LogP contribution in [-0.4, -0.2) is 42.2 Å². The zero-order valence-electron chi connectivity index (χ0n) is 14.0. The first-order valence-corrected chi connectivity index (χ1v) is 8.30. The van der Waals surface area contributed by atoms with Gasteiger partial charge in [-0.2, -0.15) is 0 Å². The summed E-state index contributed by atoms with van der Waals surface area (Å²) in [5, 5.41) is 10.9. The number of carbonyl (C=O) groups excluding carboxylic acids is 1. The zero-order valence-corrected chi connectivity index (χ0v) is 14.0. The van der Waals surface area contributed by atoms with Crippen LogP contribution < -0.4 is 15.5 Å². The van der Waals surface area contributed by atoms with Gasteiger partial charge in [-0.05, 0) is 37.3 Å². The molecule has 128 valence electrons. The van der Waals surface area contributed by atoms with E-state index in [9.17, 15) is 4.79 Å². The van der Waals surface area contributed by atoms with Gasteiger partial charge in [-0.1, -0.05) is 5.16 Å². The van der Waals surface area contributed by atoms with Crippen molar-refractivity contribution in [3.63, 3.8) is 0 Å². The summed E-state index contributed by atoms with van der Waals surface area (Å²) in [5.74, 6) is -0.204. The van der Waals surface area contributed by atoms with E-state index in [4.69, 9.17) is 4.52 Å². The Morgan fingerprint density at radius 3 is 2.76 bits per heavy atom. The van der Waals surface area contributed by atoms with Gasteiger partial charge in [0.25, 0.3) is 11.6 Å². The lowest BCUT2D eigenvalue weighted by atomic mass is 10.2. The van der Waals surface area contributed by atoms with Crippen LogP contribution in [0, 0.1) is 6.92 Å². The van der Waals surface area contributed by atoms with Crippen molar-refractivity contribution in [3.8, 4) is 0 Å². The fourth-order valence-corrected chi connectivity index (χ4v) is 2.95. The molecule has 0 unspecified atom stereocenters. The molecule has 0 radical (unpaired) electrons. The maximum Gasteiger partial charge on any atom is 0.257 e. The lowest BCUT2D eigenvalue weighted by Crippen LogP contribution is -2.43. The van der Waals surface area contributed by atoms with Crippen molar-refractivity contribution in [1.29, 1.82) is 0 Å². The highest BCUT2D eigenvalue weighted by molar-refractivity contribution is 6.05. The first-order valence-electron chi connectivity index (χ1n) is 8.30. The fourth-order valence-electron chi connectivity index (χ4n) is 2.95. The lowest BCUT2D eigenvalue weighted by Gasteiger charge is -2.29. The molecule has 4 rings (SSSR count). The fraction of sp³-hybridized carbons (Fsp3) is 0.278. The van der Waals surface area contributed by atoms with Gasteiger partial charge in [0.1, 0.15) is 0 Å². The van der Waals surface area contributed by atoms with Crippen LogP contribution in [0.2, 0.25) is 0 Å². The van der Waals surface area contributed by atoms with Gasteiger partial charge in [-0.25, -0.2) is 4.98 Å². The summed E-state index contributed by atoms with van der Waals surface area (Å²) in [7, 11) is 0. The number of carbonyl (C=O) groups is 1. The van der Waals surface area contributed by atoms with Crippen LogP contribution in [0.5, 0.6) is 0 Å². The number of pyridine rings is 1. The van der Waals surface area contributed by atoms with Crippen LogP contribution in [0.1, 0.15) is 16.1 Å². The highest BCUT2D eigenvalue weighted by atomic mass is 16.5. The molecule has 3 heterocycles. The van der Waals surface area contributed by atoms with Crippen molar-refractivity contribution in [2.45, 2.75) is 6.92 Å². The highest BCUT2D eigenvalue weighted by Crippen LogP contribution is 2.20. The van der Waals surface area contributed by atoms with Gasteiger partial charge >= 0.3 is 0 Å². The van der Waals surface area contributed by atoms with E-state index < -0.39 is 0 Å². The molecule has 0 saturated carbocycles. The minimum Gasteiger partial charge on any atom is -0.369 e. The van der Waals surface area contributed by atoms with Gasteiger partial charge in [0.2, 0.25) is 0 Å². The van der Waals surface area contributed by atoms with E-state index in [0.29, 0.717) is 11.3 Å². The van der Waals surface area contributed by atoms with Crippen molar-refractivity contribution >= 4 is 28.4 Å². The Kier molecular flexibility index (Phi) is 4.07. The molecule has 1 amide bonds. The molecule has 2 aromatic heterocycles. The molecule has 2 N–H and O–H groups in total. The van der Waals surface area contributed by atoms with E-state index in [0.717, 1.165) is 42.9 Å². The number of nitrogens with zero attached hydrogens (tertiary/aromatic N) is 3. The van der Waals surface area contributed by atoms with Crippen molar-refractivity contribution in [1.82, 2.24) is 15.5 Å². The molecule has 1 aliphatic heterocycles. The second-order valence-electron chi connectivity index (χ2n) is 6.08. The smallest absolute Gasteiger partial charge is 0.257 e. The second-order valence-corrected chi connectivity index (χ2v) is 6.08. The zero-order chi connectivity index (χ0) is 17.2. The first kappa shape index (κ1) is 15.6. The van der Waals surface area contributed by atoms with E-state index in [1.54, 1.807) is 6.07 Å². The number of aromatic nitrogens is 2. The molecular weight excluding hydrogens is 318 g/mol. The van der Waals surface area contributed by atoms with E-state index in [-0.39, 0.29) is 5.91 Å². The van der Waals surface area contributed by atoms with E-state index >= 15 is 0 Å². The number of fused-ring (bicyclic) bond motifs is 1. The van der Waals surface area contributed by atoms with Crippen LogP contribution in [0.4, 0.5) is 11.4 Å². The number of anilines is 2. The summed E-state index contributed by atoms with van der Waals surface area (Å²) in [5.41, 5.74) is 3.56. The normalized spacial score (nSPS) is 14.7. The minimum absolute atomic E-state index is 0.204. The van der Waals surface area contributed by atoms with Crippen molar-refractivity contribution in [3.05, 3.63) is 47.8 Å². The number of rotatable bonds is 3. The third-order valence-corrected chi connectivity index (χ3v) is 4.38. The SMILES string of the molecule is Cc1noc2ncc(C(=O)Nc3ccc(N4CCNCC4)cc3)cc12. The third-order valence-electron chi connectivity index (χ3n) is 4.38. The molecule has 3 aromatic rings. The average Bonchev–Trinajstić information content (AvgIpc) is 3.03. The molecule has 25 heavy (non-hydrogen) atoms. The van der Waals surface area contributed by atoms with Crippen LogP contribution in [0.15, 0.2) is 41.1 Å². The van der Waals surface area contributed by atoms with Crippen molar-refractivity contribution in [2.24, 2.45) is 0 Å². The lowest BCUT2D eigenvalue weighted by molar-refractivity contribution is 0.102. The molecule has 7 heteroatoms. The second kappa shape index (κ2) is 6.52. The van der Waals surface area contributed by atoms with E-state index in [1.807, 2.05) is 31.2 Å². The van der Waals surface area contributed by atoms with Crippen LogP contribution in [-0.2, 0) is 0 Å². The largest absolute Gasteiger partial charge is 0.369 e. The number of piperazine rings is 1. The number of hydrogen-bond acceptors (Lipinski definition) is 6. The van der Waals surface area contributed by atoms with Gasteiger partial charge in [-0.15, -0.1) is 0 Å². The Labute approximate surface area is 145 Å². The maximum atomic E-state index is 12.5. The topological polar surface area (TPSA) is 83.3 Å². The summed E-state index contributed by atoms with van der Waals surface area (Å²) in [6, 6.07) is 9.66. The van der Waals surface area contributed by atoms with Crippen molar-refractivity contribution < 1.29 is 9.32 Å². The van der Waals surface area contributed by atoms with Crippen LogP contribution in [0.25, 0.3) is 11.1 Å². The number of hydrogen-bond donors (Lipinski definition) is 2. The van der Waals surface area contributed by atoms with Gasteiger partial charge in [0.05, 0.1) is 16.6 Å². The molecule has 1 aromatic carbocycles. The van der Waals surface area contributed by atoms with E-state index in [1.165, 1.54) is 11.9 Å². The molecule has 0 atom stereocenters. The predicted molar refractivity (Wildman–Crippen MR) is 96.0 cm³/mol. The molecule has 1 aliphatic rings. The Morgan fingerprint density at radius 2 is 2.00 bits per heavy atom. The molecule has 0 spiro atoms. The number of nitrogens with one attached hydrogen (secondary N) is 2. The Morgan fingerprint density at radius 1 is 1.24 bits per heavy atom. The van der Waals surface area contributed by atoms with Crippen LogP contribution >= 0.6 is 0 Å². The number of aryl methyl sites for hydroxylation is 1. The number of benzene rings is 1. The van der Waals surface area contributed by atoms with E-state index in [2.05, 4.69) is 25.7 Å². The Hall–Kier alpha value is -2.93. The first-order chi connectivity index (χ1) is 12.2. The molecule has 1 fully saturated rings. The standard InChI is InChI=1S/C18H19N5O2/c1-12-16-10-13(11-20-18(16)25-22-12)17(24)21-14-2-4-15(5-3-14)23-8-6-19-7-9-23/h2-5,10-11,19H,6-9H2,1H3,(H,21,24). The molecular formula is C18H19N5O2. The molecule has 0 aliphatic carbocycles. The average molecular weight is 337 g/mol. The minimum atomic E-state index is -0.204.